The van der Waals surface area contributed by atoms with Crippen LogP contribution in [0.5, 0.6) is 5.75 Å². The van der Waals surface area contributed by atoms with E-state index in [1.54, 1.807) is 7.11 Å². The molecule has 3 heteroatoms. The molecule has 0 radical (unpaired) electrons. The van der Waals surface area contributed by atoms with E-state index in [-0.39, 0.29) is 0 Å². The van der Waals surface area contributed by atoms with E-state index in [9.17, 15) is 0 Å². The standard InChI is InChI=1S/C15H24N2O/c1-3-10-16-13-8-5-4-7-12(13)15-14(18-2)9-6-11-17-15/h6,9,11-13,16H,3-5,7-8,10H2,1-2H3. The van der Waals surface area contributed by atoms with E-state index < -0.39 is 0 Å². The van der Waals surface area contributed by atoms with Crippen molar-refractivity contribution in [3.05, 3.63) is 24.0 Å². The molecular formula is C15H24N2O. The van der Waals surface area contributed by atoms with Crippen LogP contribution in [-0.4, -0.2) is 24.7 Å². The number of ether oxygens (including phenoxy) is 1. The zero-order chi connectivity index (χ0) is 12.8. The van der Waals surface area contributed by atoms with Gasteiger partial charge in [-0.1, -0.05) is 19.8 Å². The van der Waals surface area contributed by atoms with Gasteiger partial charge in [0.05, 0.1) is 12.8 Å². The Morgan fingerprint density at radius 1 is 1.39 bits per heavy atom. The van der Waals surface area contributed by atoms with Crippen molar-refractivity contribution in [2.45, 2.75) is 51.0 Å². The minimum atomic E-state index is 0.501. The number of rotatable bonds is 5. The van der Waals surface area contributed by atoms with E-state index in [4.69, 9.17) is 4.74 Å². The molecule has 0 spiro atoms. The summed E-state index contributed by atoms with van der Waals surface area (Å²) in [5, 5.41) is 3.68. The summed E-state index contributed by atoms with van der Waals surface area (Å²) in [4.78, 5) is 4.57. The van der Waals surface area contributed by atoms with Gasteiger partial charge < -0.3 is 10.1 Å². The summed E-state index contributed by atoms with van der Waals surface area (Å²) in [6.07, 6.45) is 8.16. The Hall–Kier alpha value is -1.09. The molecular weight excluding hydrogens is 224 g/mol. The molecule has 0 aliphatic heterocycles. The fourth-order valence-electron chi connectivity index (χ4n) is 2.89. The van der Waals surface area contributed by atoms with E-state index in [1.165, 1.54) is 32.1 Å². The van der Waals surface area contributed by atoms with Crippen LogP contribution in [0.1, 0.15) is 50.6 Å². The Kier molecular flexibility index (Phi) is 5.00. The minimum Gasteiger partial charge on any atom is -0.495 e. The molecule has 100 valence electrons. The fourth-order valence-corrected chi connectivity index (χ4v) is 2.89. The van der Waals surface area contributed by atoms with E-state index in [2.05, 4.69) is 17.2 Å². The van der Waals surface area contributed by atoms with Crippen molar-refractivity contribution in [3.8, 4) is 5.75 Å². The van der Waals surface area contributed by atoms with Gasteiger partial charge in [0.25, 0.3) is 0 Å². The van der Waals surface area contributed by atoms with Crippen molar-refractivity contribution in [1.29, 1.82) is 0 Å². The van der Waals surface area contributed by atoms with Crippen LogP contribution in [-0.2, 0) is 0 Å². The minimum absolute atomic E-state index is 0.501. The number of aromatic nitrogens is 1. The summed E-state index contributed by atoms with van der Waals surface area (Å²) in [6.45, 7) is 3.31. The van der Waals surface area contributed by atoms with Crippen LogP contribution < -0.4 is 10.1 Å². The molecule has 1 aliphatic rings. The first-order chi connectivity index (χ1) is 8.86. The first-order valence-corrected chi connectivity index (χ1v) is 7.09. The second kappa shape index (κ2) is 6.74. The number of hydrogen-bond donors (Lipinski definition) is 1. The molecule has 1 heterocycles. The van der Waals surface area contributed by atoms with Gasteiger partial charge in [-0.05, 0) is 37.9 Å². The second-order valence-corrected chi connectivity index (χ2v) is 5.04. The molecule has 18 heavy (non-hydrogen) atoms. The number of nitrogens with zero attached hydrogens (tertiary/aromatic N) is 1. The van der Waals surface area contributed by atoms with Gasteiger partial charge >= 0.3 is 0 Å². The highest BCUT2D eigenvalue weighted by Crippen LogP contribution is 2.36. The Balaban J connectivity index is 2.16. The third-order valence-corrected chi connectivity index (χ3v) is 3.79. The van der Waals surface area contributed by atoms with E-state index in [0.717, 1.165) is 18.0 Å². The van der Waals surface area contributed by atoms with Crippen LogP contribution in [0.25, 0.3) is 0 Å². The molecule has 1 aliphatic carbocycles. The number of pyridine rings is 1. The average molecular weight is 248 g/mol. The van der Waals surface area contributed by atoms with Crippen LogP contribution in [0.4, 0.5) is 0 Å². The van der Waals surface area contributed by atoms with Gasteiger partial charge in [0.1, 0.15) is 5.75 Å². The summed E-state index contributed by atoms with van der Waals surface area (Å²) >= 11 is 0. The quantitative estimate of drug-likeness (QED) is 0.869. The highest BCUT2D eigenvalue weighted by molar-refractivity contribution is 5.31. The lowest BCUT2D eigenvalue weighted by Crippen LogP contribution is -2.38. The predicted molar refractivity (Wildman–Crippen MR) is 74.1 cm³/mol. The van der Waals surface area contributed by atoms with Gasteiger partial charge in [-0.25, -0.2) is 0 Å². The van der Waals surface area contributed by atoms with Crippen LogP contribution in [0.3, 0.4) is 0 Å². The van der Waals surface area contributed by atoms with Gasteiger partial charge in [-0.15, -0.1) is 0 Å². The van der Waals surface area contributed by atoms with Crippen molar-refractivity contribution in [2.75, 3.05) is 13.7 Å². The summed E-state index contributed by atoms with van der Waals surface area (Å²) in [5.74, 6) is 1.44. The van der Waals surface area contributed by atoms with Crippen molar-refractivity contribution >= 4 is 0 Å². The van der Waals surface area contributed by atoms with Crippen molar-refractivity contribution < 1.29 is 4.74 Å². The highest BCUT2D eigenvalue weighted by Gasteiger charge is 2.28. The second-order valence-electron chi connectivity index (χ2n) is 5.04. The lowest BCUT2D eigenvalue weighted by atomic mass is 9.81. The molecule has 0 saturated heterocycles. The van der Waals surface area contributed by atoms with Crippen molar-refractivity contribution in [1.82, 2.24) is 10.3 Å². The lowest BCUT2D eigenvalue weighted by Gasteiger charge is -2.32. The Morgan fingerprint density at radius 3 is 3.00 bits per heavy atom. The average Bonchev–Trinajstić information content (AvgIpc) is 2.45. The number of nitrogens with one attached hydrogen (secondary N) is 1. The molecule has 3 nitrogen and oxygen atoms in total. The normalized spacial score (nSPS) is 23.9. The van der Waals surface area contributed by atoms with Gasteiger partial charge in [0, 0.05) is 18.2 Å². The molecule has 1 saturated carbocycles. The molecule has 1 N–H and O–H groups in total. The number of hydrogen-bond acceptors (Lipinski definition) is 3. The third-order valence-electron chi connectivity index (χ3n) is 3.79. The monoisotopic (exact) mass is 248 g/mol. The summed E-state index contributed by atoms with van der Waals surface area (Å²) in [7, 11) is 1.73. The van der Waals surface area contributed by atoms with Crippen molar-refractivity contribution in [2.24, 2.45) is 0 Å². The summed E-state index contributed by atoms with van der Waals surface area (Å²) in [5.41, 5.74) is 1.13. The maximum Gasteiger partial charge on any atom is 0.140 e. The smallest absolute Gasteiger partial charge is 0.140 e. The molecule has 1 aromatic heterocycles. The Labute approximate surface area is 110 Å². The highest BCUT2D eigenvalue weighted by atomic mass is 16.5. The molecule has 1 aromatic rings. The van der Waals surface area contributed by atoms with Gasteiger partial charge in [-0.3, -0.25) is 4.98 Å². The van der Waals surface area contributed by atoms with Crippen molar-refractivity contribution in [3.63, 3.8) is 0 Å². The maximum atomic E-state index is 5.46. The molecule has 0 aromatic carbocycles. The van der Waals surface area contributed by atoms with Crippen LogP contribution >= 0.6 is 0 Å². The third kappa shape index (κ3) is 3.02. The fraction of sp³-hybridized carbons (Fsp3) is 0.667. The maximum absolute atomic E-state index is 5.46. The van der Waals surface area contributed by atoms with Crippen LogP contribution in [0.15, 0.2) is 18.3 Å². The largest absolute Gasteiger partial charge is 0.495 e. The van der Waals surface area contributed by atoms with Gasteiger partial charge in [0.15, 0.2) is 0 Å². The van der Waals surface area contributed by atoms with E-state index >= 15 is 0 Å². The van der Waals surface area contributed by atoms with Gasteiger partial charge in [-0.2, -0.15) is 0 Å². The Bertz CT molecular complexity index is 367. The Morgan fingerprint density at radius 2 is 2.22 bits per heavy atom. The number of methoxy groups -OCH3 is 1. The van der Waals surface area contributed by atoms with E-state index in [0.29, 0.717) is 12.0 Å². The molecule has 2 unspecified atom stereocenters. The first-order valence-electron chi connectivity index (χ1n) is 7.09. The summed E-state index contributed by atoms with van der Waals surface area (Å²) < 4.78 is 5.46. The van der Waals surface area contributed by atoms with E-state index in [1.807, 2.05) is 18.3 Å². The predicted octanol–water partition coefficient (Wildman–Crippen LogP) is 3.12. The zero-order valence-electron chi connectivity index (χ0n) is 11.5. The molecule has 2 rings (SSSR count). The summed E-state index contributed by atoms with van der Waals surface area (Å²) in [6, 6.07) is 4.52. The van der Waals surface area contributed by atoms with Crippen LogP contribution in [0.2, 0.25) is 0 Å². The lowest BCUT2D eigenvalue weighted by molar-refractivity contribution is 0.312. The van der Waals surface area contributed by atoms with Crippen LogP contribution in [0, 0.1) is 0 Å². The molecule has 0 bridgehead atoms. The molecule has 2 atom stereocenters. The first kappa shape index (κ1) is 13.3. The SMILES string of the molecule is CCCNC1CCCCC1c1ncccc1OC. The molecule has 1 fully saturated rings. The zero-order valence-corrected chi connectivity index (χ0v) is 11.5. The molecule has 0 amide bonds. The topological polar surface area (TPSA) is 34.2 Å². The van der Waals surface area contributed by atoms with Gasteiger partial charge in [0.2, 0.25) is 0 Å².